The fraction of sp³-hybridized carbons (Fsp3) is 0.933. The lowest BCUT2D eigenvalue weighted by atomic mass is 9.99. The van der Waals surface area contributed by atoms with Gasteiger partial charge in [-0.15, -0.1) is 0 Å². The maximum absolute atomic E-state index is 12.9. The summed E-state index contributed by atoms with van der Waals surface area (Å²) in [5, 5.41) is 54.2. The van der Waals surface area contributed by atoms with Crippen molar-refractivity contribution in [2.45, 2.75) is 256 Å². The fourth-order valence-corrected chi connectivity index (χ4v) is 7.39. The minimum Gasteiger partial charge on any atom is -0.394 e. The number of aliphatic hydroxyl groups excluding tert-OH is 5. The number of carbonyl (C=O) groups is 1. The van der Waals surface area contributed by atoms with Gasteiger partial charge in [-0.3, -0.25) is 4.79 Å². The first-order valence-electron chi connectivity index (χ1n) is 22.9. The molecular weight excluding hydrogens is 682 g/mol. The van der Waals surface area contributed by atoms with Gasteiger partial charge in [-0.25, -0.2) is 0 Å². The number of nitrogens with one attached hydrogen (secondary N) is 1. The van der Waals surface area contributed by atoms with E-state index in [1.54, 1.807) is 6.08 Å². The van der Waals surface area contributed by atoms with Crippen LogP contribution < -0.4 is 5.32 Å². The second-order valence-electron chi connectivity index (χ2n) is 16.2. The summed E-state index contributed by atoms with van der Waals surface area (Å²) in [6, 6.07) is -0.797. The van der Waals surface area contributed by atoms with E-state index in [1.165, 1.54) is 154 Å². The number of allylic oxidation sites excluding steroid dienone is 1. The van der Waals surface area contributed by atoms with E-state index in [4.69, 9.17) is 9.47 Å². The molecule has 1 aliphatic rings. The van der Waals surface area contributed by atoms with Crippen molar-refractivity contribution in [1.29, 1.82) is 0 Å². The highest BCUT2D eigenvalue weighted by Gasteiger charge is 2.44. The van der Waals surface area contributed by atoms with Crippen LogP contribution in [0.3, 0.4) is 0 Å². The van der Waals surface area contributed by atoms with Gasteiger partial charge in [-0.1, -0.05) is 199 Å². The highest BCUT2D eigenvalue weighted by Crippen LogP contribution is 2.23. The normalized spacial score (nSPS) is 21.5. The number of carbonyl (C=O) groups excluding carboxylic acids is 1. The van der Waals surface area contributed by atoms with Crippen molar-refractivity contribution in [2.75, 3.05) is 13.2 Å². The molecule has 6 N–H and O–H groups in total. The first kappa shape index (κ1) is 50.9. The minimum atomic E-state index is -1.56. The van der Waals surface area contributed by atoms with Crippen LogP contribution in [-0.4, -0.2) is 87.5 Å². The van der Waals surface area contributed by atoms with Gasteiger partial charge in [0, 0.05) is 6.42 Å². The van der Waals surface area contributed by atoms with Crippen molar-refractivity contribution in [3.8, 4) is 0 Å². The Morgan fingerprint density at radius 3 is 1.44 bits per heavy atom. The third-order valence-electron chi connectivity index (χ3n) is 11.1. The number of amides is 1. The lowest BCUT2D eigenvalue weighted by Crippen LogP contribution is -2.60. The van der Waals surface area contributed by atoms with Gasteiger partial charge >= 0.3 is 0 Å². The van der Waals surface area contributed by atoms with E-state index < -0.39 is 49.5 Å². The first-order chi connectivity index (χ1) is 26.3. The molecule has 1 fully saturated rings. The van der Waals surface area contributed by atoms with E-state index in [-0.39, 0.29) is 12.5 Å². The summed E-state index contributed by atoms with van der Waals surface area (Å²) in [5.41, 5.74) is 0. The van der Waals surface area contributed by atoms with Crippen LogP contribution in [0, 0.1) is 0 Å². The predicted molar refractivity (Wildman–Crippen MR) is 221 cm³/mol. The predicted octanol–water partition coefficient (Wildman–Crippen LogP) is 9.34. The van der Waals surface area contributed by atoms with Crippen LogP contribution in [0.4, 0.5) is 0 Å². The quantitative estimate of drug-likeness (QED) is 0.0269. The minimum absolute atomic E-state index is 0.175. The van der Waals surface area contributed by atoms with Gasteiger partial charge in [0.25, 0.3) is 0 Å². The fourth-order valence-electron chi connectivity index (χ4n) is 7.39. The molecule has 0 aromatic rings. The van der Waals surface area contributed by atoms with Gasteiger partial charge in [-0.05, 0) is 19.3 Å². The van der Waals surface area contributed by atoms with Gasteiger partial charge in [0.05, 0.1) is 25.4 Å². The van der Waals surface area contributed by atoms with E-state index >= 15 is 0 Å². The zero-order valence-corrected chi connectivity index (χ0v) is 35.0. The molecule has 7 atom stereocenters. The van der Waals surface area contributed by atoms with Gasteiger partial charge < -0.3 is 40.3 Å². The van der Waals surface area contributed by atoms with E-state index in [2.05, 4.69) is 19.2 Å². The summed E-state index contributed by atoms with van der Waals surface area (Å²) >= 11 is 0. The van der Waals surface area contributed by atoms with Crippen LogP contribution >= 0.6 is 0 Å². The molecule has 0 aromatic heterocycles. The van der Waals surface area contributed by atoms with Crippen LogP contribution in [-0.2, 0) is 14.3 Å². The molecule has 1 saturated heterocycles. The molecule has 0 radical (unpaired) electrons. The van der Waals surface area contributed by atoms with Crippen molar-refractivity contribution < 1.29 is 39.8 Å². The molecule has 0 aliphatic carbocycles. The van der Waals surface area contributed by atoms with E-state index in [1.807, 2.05) is 6.08 Å². The molecule has 7 unspecified atom stereocenters. The highest BCUT2D eigenvalue weighted by atomic mass is 16.7. The Bertz CT molecular complexity index is 858. The molecule has 1 aliphatic heterocycles. The Kier molecular flexibility index (Phi) is 34.2. The summed E-state index contributed by atoms with van der Waals surface area (Å²) in [7, 11) is 0. The Morgan fingerprint density at radius 1 is 0.611 bits per heavy atom. The maximum Gasteiger partial charge on any atom is 0.220 e. The van der Waals surface area contributed by atoms with Crippen LogP contribution in [0.5, 0.6) is 0 Å². The van der Waals surface area contributed by atoms with E-state index in [0.29, 0.717) is 6.42 Å². The molecule has 0 aromatic carbocycles. The zero-order valence-electron chi connectivity index (χ0n) is 35.0. The monoisotopic (exact) mass is 770 g/mol. The molecule has 0 saturated carbocycles. The molecule has 54 heavy (non-hydrogen) atoms. The van der Waals surface area contributed by atoms with Crippen LogP contribution in [0.2, 0.25) is 0 Å². The SMILES string of the molecule is CCCCCCCCCCCCCCCC/C=C/C(O)C(COC1OC(CO)C(O)C(O)C1O)NC(=O)CCCCCCCCCCCCCCCCC. The van der Waals surface area contributed by atoms with Crippen molar-refractivity contribution in [2.24, 2.45) is 0 Å². The number of aliphatic hydroxyl groups is 5. The molecule has 9 nitrogen and oxygen atoms in total. The number of rotatable bonds is 38. The lowest BCUT2D eigenvalue weighted by Gasteiger charge is -2.40. The van der Waals surface area contributed by atoms with Crippen molar-refractivity contribution >= 4 is 5.91 Å². The third kappa shape index (κ3) is 26.7. The van der Waals surface area contributed by atoms with Crippen molar-refractivity contribution in [3.05, 3.63) is 12.2 Å². The van der Waals surface area contributed by atoms with E-state index in [9.17, 15) is 30.3 Å². The topological polar surface area (TPSA) is 149 Å². The highest BCUT2D eigenvalue weighted by molar-refractivity contribution is 5.76. The Hall–Kier alpha value is -1.07. The third-order valence-corrected chi connectivity index (χ3v) is 11.1. The Labute approximate surface area is 331 Å². The second kappa shape index (κ2) is 36.3. The lowest BCUT2D eigenvalue weighted by molar-refractivity contribution is -0.302. The second-order valence-corrected chi connectivity index (χ2v) is 16.2. The Balaban J connectivity index is 2.36. The van der Waals surface area contributed by atoms with Crippen LogP contribution in [0.1, 0.15) is 213 Å². The van der Waals surface area contributed by atoms with Crippen molar-refractivity contribution in [3.63, 3.8) is 0 Å². The van der Waals surface area contributed by atoms with Crippen LogP contribution in [0.25, 0.3) is 0 Å². The van der Waals surface area contributed by atoms with Gasteiger partial charge in [0.1, 0.15) is 24.4 Å². The summed E-state index contributed by atoms with van der Waals surface area (Å²) in [6.07, 6.45) is 33.9. The Morgan fingerprint density at radius 2 is 1.02 bits per heavy atom. The largest absolute Gasteiger partial charge is 0.394 e. The molecule has 320 valence electrons. The molecule has 1 amide bonds. The molecule has 9 heteroatoms. The average Bonchev–Trinajstić information content (AvgIpc) is 3.17. The average molecular weight is 770 g/mol. The molecule has 1 heterocycles. The number of ether oxygens (including phenoxy) is 2. The van der Waals surface area contributed by atoms with Crippen LogP contribution in [0.15, 0.2) is 12.2 Å². The number of hydrogen-bond donors (Lipinski definition) is 6. The first-order valence-corrected chi connectivity index (χ1v) is 22.9. The van der Waals surface area contributed by atoms with Crippen molar-refractivity contribution in [1.82, 2.24) is 5.32 Å². The summed E-state index contributed by atoms with van der Waals surface area (Å²) in [6.45, 7) is 3.78. The van der Waals surface area contributed by atoms with Gasteiger partial charge in [-0.2, -0.15) is 0 Å². The molecule has 1 rings (SSSR count). The summed E-state index contributed by atoms with van der Waals surface area (Å²) < 4.78 is 11.2. The summed E-state index contributed by atoms with van der Waals surface area (Å²) in [5.74, 6) is -0.175. The van der Waals surface area contributed by atoms with Gasteiger partial charge in [0.2, 0.25) is 5.91 Å². The number of hydrogen-bond acceptors (Lipinski definition) is 8. The molecule has 0 spiro atoms. The van der Waals surface area contributed by atoms with E-state index in [0.717, 1.165) is 38.5 Å². The zero-order chi connectivity index (χ0) is 39.5. The van der Waals surface area contributed by atoms with Gasteiger partial charge in [0.15, 0.2) is 6.29 Å². The summed E-state index contributed by atoms with van der Waals surface area (Å²) in [4.78, 5) is 12.9. The maximum atomic E-state index is 12.9. The standard InChI is InChI=1S/C45H87NO8/c1-3-5-7-9-11-13-15-17-19-21-22-24-26-28-30-32-34-39(48)38(37-53-45-44(52)43(51)42(50)40(36-47)54-45)46-41(49)35-33-31-29-27-25-23-20-18-16-14-12-10-8-6-4-2/h32,34,38-40,42-45,47-48,50-52H,3-31,33,35-37H2,1-2H3,(H,46,49)/b34-32+. The number of unbranched alkanes of at least 4 members (excludes halogenated alkanes) is 28. The molecular formula is C45H87NO8. The smallest absolute Gasteiger partial charge is 0.220 e. The molecule has 0 bridgehead atoms.